The summed E-state index contributed by atoms with van der Waals surface area (Å²) in [5, 5.41) is 50.2. The molecule has 3 unspecified atom stereocenters. The van der Waals surface area contributed by atoms with Crippen LogP contribution in [0, 0.1) is 0 Å². The Morgan fingerprint density at radius 3 is 2.55 bits per heavy atom. The predicted octanol–water partition coefficient (Wildman–Crippen LogP) is -3.53. The van der Waals surface area contributed by atoms with Gasteiger partial charge in [-0.2, -0.15) is 0 Å². The standard InChI is InChI=1S/C11H18FNO9/c1-4(15)13-7-5(16)2-11(20,10(19)22-12)21-9(7)8(18)6(17)3-14/h5-9,14,16-18,20H,2-3H2,1H3,(H,13,15)/t5-,6?,7+,8?,9+,11?/m0/s1. The van der Waals surface area contributed by atoms with Crippen LogP contribution in [0.5, 0.6) is 0 Å². The monoisotopic (exact) mass is 327 g/mol. The molecular formula is C11H18FNO9. The molecule has 0 aromatic heterocycles. The number of ether oxygens (including phenoxy) is 1. The molecule has 1 heterocycles. The number of amides is 1. The number of hydrogen-bond acceptors (Lipinski definition) is 9. The van der Waals surface area contributed by atoms with Crippen molar-refractivity contribution in [3.8, 4) is 0 Å². The molecule has 128 valence electrons. The van der Waals surface area contributed by atoms with Crippen molar-refractivity contribution in [3.05, 3.63) is 0 Å². The first kappa shape index (κ1) is 18.7. The van der Waals surface area contributed by atoms with Crippen molar-refractivity contribution in [1.29, 1.82) is 0 Å². The number of hydrogen-bond donors (Lipinski definition) is 6. The molecule has 0 aromatic rings. The average molecular weight is 327 g/mol. The number of aliphatic hydroxyl groups is 5. The Bertz CT molecular complexity index is 422. The van der Waals surface area contributed by atoms with E-state index in [1.165, 1.54) is 0 Å². The van der Waals surface area contributed by atoms with Gasteiger partial charge in [-0.15, -0.1) is 0 Å². The lowest BCUT2D eigenvalue weighted by Gasteiger charge is -2.44. The second kappa shape index (κ2) is 7.26. The first-order chi connectivity index (χ1) is 10.2. The van der Waals surface area contributed by atoms with Gasteiger partial charge in [-0.25, -0.2) is 9.74 Å². The molecule has 1 fully saturated rings. The zero-order valence-electron chi connectivity index (χ0n) is 11.5. The molecule has 6 N–H and O–H groups in total. The summed E-state index contributed by atoms with van der Waals surface area (Å²) in [6, 6.07) is -1.33. The third-order valence-corrected chi connectivity index (χ3v) is 3.26. The van der Waals surface area contributed by atoms with Gasteiger partial charge in [0.1, 0.15) is 18.3 Å². The van der Waals surface area contributed by atoms with Gasteiger partial charge in [0, 0.05) is 17.9 Å². The summed E-state index contributed by atoms with van der Waals surface area (Å²) in [5.41, 5.74) is 0. The quantitative estimate of drug-likeness (QED) is 0.300. The van der Waals surface area contributed by atoms with Crippen molar-refractivity contribution in [2.24, 2.45) is 0 Å². The SMILES string of the molecule is CC(=O)N[C@@H]1[C@@H](O)CC(O)(C(=O)OF)O[C@H]1C(O)C(O)CO. The fraction of sp³-hybridized carbons (Fsp3) is 0.818. The van der Waals surface area contributed by atoms with Gasteiger partial charge in [-0.3, -0.25) is 4.79 Å². The van der Waals surface area contributed by atoms with E-state index in [2.05, 4.69) is 10.3 Å². The maximum absolute atomic E-state index is 12.0. The highest BCUT2D eigenvalue weighted by molar-refractivity contribution is 5.77. The highest BCUT2D eigenvalue weighted by Gasteiger charge is 2.55. The van der Waals surface area contributed by atoms with Gasteiger partial charge in [0.05, 0.1) is 18.8 Å². The van der Waals surface area contributed by atoms with E-state index >= 15 is 0 Å². The Hall–Kier alpha value is -1.37. The Labute approximate surface area is 124 Å². The summed E-state index contributed by atoms with van der Waals surface area (Å²) in [4.78, 5) is 25.2. The number of nitrogens with one attached hydrogen (secondary N) is 1. The molecule has 1 rings (SSSR count). The van der Waals surface area contributed by atoms with Crippen LogP contribution in [0.15, 0.2) is 0 Å². The average Bonchev–Trinajstić information content (AvgIpc) is 2.46. The molecule has 22 heavy (non-hydrogen) atoms. The van der Waals surface area contributed by atoms with Crippen LogP contribution in [-0.4, -0.2) is 80.3 Å². The number of carbonyl (C=O) groups is 2. The number of rotatable bonds is 5. The normalized spacial score (nSPS) is 34.6. The second-order valence-corrected chi connectivity index (χ2v) is 4.97. The Balaban J connectivity index is 3.09. The number of carbonyl (C=O) groups excluding carboxylic acids is 2. The highest BCUT2D eigenvalue weighted by Crippen LogP contribution is 2.31. The molecule has 0 bridgehead atoms. The molecule has 0 aliphatic carbocycles. The Kier molecular flexibility index (Phi) is 6.17. The lowest BCUT2D eigenvalue weighted by molar-refractivity contribution is -0.309. The van der Waals surface area contributed by atoms with Gasteiger partial charge in [0.25, 0.3) is 5.79 Å². The fourth-order valence-electron chi connectivity index (χ4n) is 2.19. The second-order valence-electron chi connectivity index (χ2n) is 4.97. The zero-order valence-corrected chi connectivity index (χ0v) is 11.5. The van der Waals surface area contributed by atoms with Gasteiger partial charge in [0.15, 0.2) is 0 Å². The van der Waals surface area contributed by atoms with Crippen LogP contribution < -0.4 is 5.32 Å². The van der Waals surface area contributed by atoms with Crippen LogP contribution in [-0.2, 0) is 19.3 Å². The molecule has 11 heteroatoms. The Morgan fingerprint density at radius 2 is 2.09 bits per heavy atom. The van der Waals surface area contributed by atoms with E-state index in [1.54, 1.807) is 0 Å². The van der Waals surface area contributed by atoms with Crippen molar-refractivity contribution in [2.75, 3.05) is 6.61 Å². The van der Waals surface area contributed by atoms with E-state index in [0.29, 0.717) is 0 Å². The first-order valence-electron chi connectivity index (χ1n) is 6.31. The molecular weight excluding hydrogens is 309 g/mol. The third-order valence-electron chi connectivity index (χ3n) is 3.26. The predicted molar refractivity (Wildman–Crippen MR) is 64.4 cm³/mol. The molecule has 0 radical (unpaired) electrons. The summed E-state index contributed by atoms with van der Waals surface area (Å²) in [5.74, 6) is -5.44. The molecule has 1 aliphatic rings. The van der Waals surface area contributed by atoms with Crippen LogP contribution in [0.25, 0.3) is 0 Å². The smallest absolute Gasteiger partial charge is 0.394 e. The molecule has 0 spiro atoms. The zero-order chi connectivity index (χ0) is 17.1. The van der Waals surface area contributed by atoms with E-state index < -0.39 is 61.1 Å². The van der Waals surface area contributed by atoms with Crippen LogP contribution in [0.2, 0.25) is 0 Å². The third kappa shape index (κ3) is 3.88. The fourth-order valence-corrected chi connectivity index (χ4v) is 2.19. The molecule has 1 aliphatic heterocycles. The van der Waals surface area contributed by atoms with E-state index in [0.717, 1.165) is 6.92 Å². The summed E-state index contributed by atoms with van der Waals surface area (Å²) in [6.07, 6.45) is -7.88. The largest absolute Gasteiger partial charge is 0.407 e. The maximum atomic E-state index is 12.0. The Morgan fingerprint density at radius 1 is 1.50 bits per heavy atom. The van der Waals surface area contributed by atoms with E-state index in [1.807, 2.05) is 0 Å². The van der Waals surface area contributed by atoms with Crippen molar-refractivity contribution in [3.63, 3.8) is 0 Å². The van der Waals surface area contributed by atoms with Crippen LogP contribution in [0.1, 0.15) is 13.3 Å². The van der Waals surface area contributed by atoms with Crippen molar-refractivity contribution in [1.82, 2.24) is 5.32 Å². The summed E-state index contributed by atoms with van der Waals surface area (Å²) < 4.78 is 16.9. The summed E-state index contributed by atoms with van der Waals surface area (Å²) in [7, 11) is 0. The van der Waals surface area contributed by atoms with Gasteiger partial charge < -0.3 is 35.6 Å². The van der Waals surface area contributed by atoms with Crippen LogP contribution in [0.3, 0.4) is 0 Å². The molecule has 10 nitrogen and oxygen atoms in total. The van der Waals surface area contributed by atoms with E-state index in [9.17, 15) is 34.5 Å². The maximum Gasteiger partial charge on any atom is 0.407 e. The van der Waals surface area contributed by atoms with E-state index in [4.69, 9.17) is 9.84 Å². The van der Waals surface area contributed by atoms with Crippen molar-refractivity contribution < 1.29 is 49.3 Å². The van der Waals surface area contributed by atoms with Crippen molar-refractivity contribution in [2.45, 2.75) is 49.6 Å². The van der Waals surface area contributed by atoms with E-state index in [-0.39, 0.29) is 0 Å². The van der Waals surface area contributed by atoms with Crippen LogP contribution >= 0.6 is 0 Å². The highest BCUT2D eigenvalue weighted by atomic mass is 19.3. The molecule has 0 saturated carbocycles. The molecule has 1 saturated heterocycles. The van der Waals surface area contributed by atoms with Crippen molar-refractivity contribution >= 4 is 11.9 Å². The molecule has 1 amide bonds. The van der Waals surface area contributed by atoms with Gasteiger partial charge >= 0.3 is 5.97 Å². The first-order valence-corrected chi connectivity index (χ1v) is 6.31. The topological polar surface area (TPSA) is 166 Å². The van der Waals surface area contributed by atoms with Crippen LogP contribution in [0.4, 0.5) is 4.53 Å². The molecule has 0 aromatic carbocycles. The number of aliphatic hydroxyl groups excluding tert-OH is 4. The minimum atomic E-state index is -2.93. The lowest BCUT2D eigenvalue weighted by Crippen LogP contribution is -2.67. The summed E-state index contributed by atoms with van der Waals surface area (Å²) >= 11 is 0. The number of halogens is 1. The minimum absolute atomic E-state index is 0.637. The van der Waals surface area contributed by atoms with Gasteiger partial charge in [-0.1, -0.05) is 0 Å². The van der Waals surface area contributed by atoms with Gasteiger partial charge in [0.2, 0.25) is 5.91 Å². The lowest BCUT2D eigenvalue weighted by atomic mass is 9.88. The van der Waals surface area contributed by atoms with Gasteiger partial charge in [-0.05, 0) is 0 Å². The summed E-state index contributed by atoms with van der Waals surface area (Å²) in [6.45, 7) is 0.186. The minimum Gasteiger partial charge on any atom is -0.394 e. The molecule has 6 atom stereocenters.